The number of ether oxygens (including phenoxy) is 1. The second kappa shape index (κ2) is 6.65. The van der Waals surface area contributed by atoms with Gasteiger partial charge < -0.3 is 10.1 Å². The van der Waals surface area contributed by atoms with Crippen LogP contribution in [0.4, 0.5) is 11.5 Å². The summed E-state index contributed by atoms with van der Waals surface area (Å²) >= 11 is 0. The molecule has 110 valence electrons. The zero-order valence-electron chi connectivity index (χ0n) is 11.9. The number of nitrogens with zero attached hydrogens (tertiary/aromatic N) is 3. The third-order valence-electron chi connectivity index (χ3n) is 2.85. The van der Waals surface area contributed by atoms with Gasteiger partial charge in [0.2, 0.25) is 0 Å². The predicted molar refractivity (Wildman–Crippen MR) is 79.5 cm³/mol. The van der Waals surface area contributed by atoms with E-state index in [1.54, 1.807) is 12.1 Å². The Morgan fingerprint density at radius 3 is 2.86 bits per heavy atom. The Morgan fingerprint density at radius 1 is 1.38 bits per heavy atom. The molecule has 0 atom stereocenters. The monoisotopic (exact) mass is 288 g/mol. The first-order valence-electron chi connectivity index (χ1n) is 6.54. The lowest BCUT2D eigenvalue weighted by atomic mass is 10.1. The van der Waals surface area contributed by atoms with E-state index in [1.165, 1.54) is 25.6 Å². The molecule has 0 radical (unpaired) electrons. The van der Waals surface area contributed by atoms with Gasteiger partial charge in [-0.15, -0.1) is 0 Å². The lowest BCUT2D eigenvalue weighted by Gasteiger charge is -2.08. The van der Waals surface area contributed by atoms with Gasteiger partial charge in [0.1, 0.15) is 11.6 Å². The molecule has 0 aliphatic rings. The summed E-state index contributed by atoms with van der Waals surface area (Å²) in [6.07, 6.45) is 4.00. The number of hydrogen-bond acceptors (Lipinski definition) is 6. The summed E-state index contributed by atoms with van der Waals surface area (Å²) in [5, 5.41) is 14.3. The molecule has 0 spiro atoms. The Hall–Kier alpha value is -2.70. The van der Waals surface area contributed by atoms with Crippen LogP contribution in [0.25, 0.3) is 11.3 Å². The highest BCUT2D eigenvalue weighted by Gasteiger charge is 2.18. The Kier molecular flexibility index (Phi) is 4.65. The average molecular weight is 288 g/mol. The Bertz CT molecular complexity index is 646. The maximum Gasteiger partial charge on any atom is 0.295 e. The minimum absolute atomic E-state index is 0.0629. The lowest BCUT2D eigenvalue weighted by Crippen LogP contribution is -2.04. The molecular weight excluding hydrogens is 272 g/mol. The second-order valence-electron chi connectivity index (χ2n) is 4.36. The molecule has 0 bridgehead atoms. The Morgan fingerprint density at radius 2 is 2.19 bits per heavy atom. The molecule has 2 aromatic rings. The van der Waals surface area contributed by atoms with E-state index in [9.17, 15) is 10.1 Å². The first kappa shape index (κ1) is 14.7. The van der Waals surface area contributed by atoms with E-state index < -0.39 is 4.92 Å². The van der Waals surface area contributed by atoms with Crippen LogP contribution in [-0.4, -0.2) is 28.5 Å². The molecule has 7 nitrogen and oxygen atoms in total. The van der Waals surface area contributed by atoms with Gasteiger partial charge in [-0.3, -0.25) is 15.1 Å². The molecule has 2 rings (SSSR count). The molecule has 0 aliphatic heterocycles. The zero-order chi connectivity index (χ0) is 15.2. The van der Waals surface area contributed by atoms with Crippen LogP contribution in [0.1, 0.15) is 13.3 Å². The highest BCUT2D eigenvalue weighted by molar-refractivity contribution is 5.71. The van der Waals surface area contributed by atoms with E-state index in [1.807, 2.05) is 6.92 Å². The van der Waals surface area contributed by atoms with Gasteiger partial charge in [-0.2, -0.15) is 0 Å². The highest BCUT2D eigenvalue weighted by atomic mass is 16.6. The van der Waals surface area contributed by atoms with E-state index in [-0.39, 0.29) is 11.4 Å². The molecule has 2 aromatic heterocycles. The molecule has 0 aliphatic carbocycles. The quantitative estimate of drug-likeness (QED) is 0.649. The molecule has 0 saturated carbocycles. The number of pyridine rings is 2. The zero-order valence-corrected chi connectivity index (χ0v) is 11.9. The SMILES string of the molecule is CCCNc1ccc([N+](=O)[O-])c(-c2cncc(OC)c2)n1. The standard InChI is InChI=1S/C14H16N4O3/c1-3-6-16-13-5-4-12(18(19)20)14(17-13)10-7-11(21-2)9-15-8-10/h4-5,7-9H,3,6H2,1-2H3,(H,16,17). The minimum Gasteiger partial charge on any atom is -0.495 e. The number of rotatable bonds is 6. The molecule has 0 saturated heterocycles. The van der Waals surface area contributed by atoms with Crippen LogP contribution in [-0.2, 0) is 0 Å². The number of methoxy groups -OCH3 is 1. The highest BCUT2D eigenvalue weighted by Crippen LogP contribution is 2.30. The molecule has 2 heterocycles. The molecule has 0 amide bonds. The van der Waals surface area contributed by atoms with Gasteiger partial charge in [-0.05, 0) is 18.6 Å². The first-order valence-corrected chi connectivity index (χ1v) is 6.54. The van der Waals surface area contributed by atoms with Crippen molar-refractivity contribution in [1.29, 1.82) is 0 Å². The largest absolute Gasteiger partial charge is 0.495 e. The molecule has 0 aromatic carbocycles. The van der Waals surface area contributed by atoms with Gasteiger partial charge in [-0.25, -0.2) is 4.98 Å². The van der Waals surface area contributed by atoms with Gasteiger partial charge in [0.25, 0.3) is 5.69 Å². The smallest absolute Gasteiger partial charge is 0.295 e. The third kappa shape index (κ3) is 3.44. The van der Waals surface area contributed by atoms with E-state index >= 15 is 0 Å². The van der Waals surface area contributed by atoms with Gasteiger partial charge in [0.05, 0.1) is 18.2 Å². The van der Waals surface area contributed by atoms with E-state index in [2.05, 4.69) is 15.3 Å². The van der Waals surface area contributed by atoms with Crippen molar-refractivity contribution >= 4 is 11.5 Å². The van der Waals surface area contributed by atoms with Crippen LogP contribution in [0.3, 0.4) is 0 Å². The lowest BCUT2D eigenvalue weighted by molar-refractivity contribution is -0.384. The van der Waals surface area contributed by atoms with Crippen LogP contribution in [0, 0.1) is 10.1 Å². The van der Waals surface area contributed by atoms with Crippen molar-refractivity contribution in [2.45, 2.75) is 13.3 Å². The fourth-order valence-corrected chi connectivity index (χ4v) is 1.82. The summed E-state index contributed by atoms with van der Waals surface area (Å²) in [7, 11) is 1.52. The van der Waals surface area contributed by atoms with Gasteiger partial charge >= 0.3 is 0 Å². The Balaban J connectivity index is 2.49. The third-order valence-corrected chi connectivity index (χ3v) is 2.85. The average Bonchev–Trinajstić information content (AvgIpc) is 2.52. The van der Waals surface area contributed by atoms with Gasteiger partial charge in [-0.1, -0.05) is 6.92 Å². The maximum atomic E-state index is 11.2. The van der Waals surface area contributed by atoms with E-state index in [0.29, 0.717) is 17.1 Å². The molecular formula is C14H16N4O3. The Labute approximate surface area is 122 Å². The minimum atomic E-state index is -0.453. The number of nitro groups is 1. The summed E-state index contributed by atoms with van der Waals surface area (Å²) in [6.45, 7) is 2.78. The summed E-state index contributed by atoms with van der Waals surface area (Å²) in [4.78, 5) is 19.1. The number of hydrogen-bond donors (Lipinski definition) is 1. The van der Waals surface area contributed by atoms with Crippen molar-refractivity contribution in [3.05, 3.63) is 40.7 Å². The van der Waals surface area contributed by atoms with Gasteiger partial charge in [0, 0.05) is 24.4 Å². The predicted octanol–water partition coefficient (Wildman–Crippen LogP) is 2.88. The van der Waals surface area contributed by atoms with Gasteiger partial charge in [0.15, 0.2) is 5.69 Å². The molecule has 7 heteroatoms. The van der Waals surface area contributed by atoms with Crippen molar-refractivity contribution in [2.24, 2.45) is 0 Å². The molecule has 21 heavy (non-hydrogen) atoms. The summed E-state index contributed by atoms with van der Waals surface area (Å²) in [5.74, 6) is 1.12. The number of aromatic nitrogens is 2. The van der Waals surface area contributed by atoms with Crippen LogP contribution in [0.15, 0.2) is 30.6 Å². The summed E-state index contributed by atoms with van der Waals surface area (Å²) < 4.78 is 5.10. The second-order valence-corrected chi connectivity index (χ2v) is 4.36. The van der Waals surface area contributed by atoms with Crippen molar-refractivity contribution < 1.29 is 9.66 Å². The van der Waals surface area contributed by atoms with Crippen molar-refractivity contribution in [3.8, 4) is 17.0 Å². The van der Waals surface area contributed by atoms with Crippen molar-refractivity contribution in [1.82, 2.24) is 9.97 Å². The number of anilines is 1. The normalized spacial score (nSPS) is 10.2. The van der Waals surface area contributed by atoms with Crippen molar-refractivity contribution in [2.75, 3.05) is 19.0 Å². The van der Waals surface area contributed by atoms with E-state index in [4.69, 9.17) is 4.74 Å². The summed E-state index contributed by atoms with van der Waals surface area (Å²) in [5.41, 5.74) is 0.751. The maximum absolute atomic E-state index is 11.2. The topological polar surface area (TPSA) is 90.2 Å². The summed E-state index contributed by atoms with van der Waals surface area (Å²) in [6, 6.07) is 4.72. The number of nitrogens with one attached hydrogen (secondary N) is 1. The molecule has 0 fully saturated rings. The van der Waals surface area contributed by atoms with Crippen LogP contribution in [0.2, 0.25) is 0 Å². The first-order chi connectivity index (χ1) is 10.2. The molecule has 0 unspecified atom stereocenters. The fourth-order valence-electron chi connectivity index (χ4n) is 1.82. The van der Waals surface area contributed by atoms with Crippen LogP contribution < -0.4 is 10.1 Å². The van der Waals surface area contributed by atoms with E-state index in [0.717, 1.165) is 13.0 Å². The van der Waals surface area contributed by atoms with Crippen LogP contribution >= 0.6 is 0 Å². The molecule has 1 N–H and O–H groups in total. The fraction of sp³-hybridized carbons (Fsp3) is 0.286. The van der Waals surface area contributed by atoms with Crippen molar-refractivity contribution in [3.63, 3.8) is 0 Å². The van der Waals surface area contributed by atoms with Crippen LogP contribution in [0.5, 0.6) is 5.75 Å².